The van der Waals surface area contributed by atoms with Crippen molar-refractivity contribution < 1.29 is 13.2 Å². The number of hydrogen-bond acceptors (Lipinski definition) is 1. The van der Waals surface area contributed by atoms with Crippen molar-refractivity contribution in [3.05, 3.63) is 0 Å². The van der Waals surface area contributed by atoms with E-state index in [4.69, 9.17) is 5.73 Å². The van der Waals surface area contributed by atoms with Gasteiger partial charge in [-0.1, -0.05) is 0 Å². The summed E-state index contributed by atoms with van der Waals surface area (Å²) in [6.45, 7) is 7.13. The first kappa shape index (κ1) is 14.1. The topological polar surface area (TPSA) is 41.6 Å². The van der Waals surface area contributed by atoms with Crippen molar-refractivity contribution >= 4 is 5.96 Å². The molecular weight excluding hydrogens is 231 g/mol. The largest absolute Gasteiger partial charge is 0.394 e. The average molecular weight is 251 g/mol. The smallest absolute Gasteiger partial charge is 0.370 e. The molecule has 100 valence electrons. The van der Waals surface area contributed by atoms with Gasteiger partial charge in [0.1, 0.15) is 0 Å². The zero-order valence-corrected chi connectivity index (χ0v) is 10.7. The number of nitrogens with zero attached hydrogens (tertiary/aromatic N) is 2. The molecule has 2 N–H and O–H groups in total. The van der Waals surface area contributed by atoms with E-state index in [9.17, 15) is 13.2 Å². The van der Waals surface area contributed by atoms with Crippen LogP contribution in [0.1, 0.15) is 34.1 Å². The quantitative estimate of drug-likeness (QED) is 0.574. The first-order chi connectivity index (χ1) is 7.56. The van der Waals surface area contributed by atoms with Crippen LogP contribution in [-0.2, 0) is 0 Å². The van der Waals surface area contributed by atoms with Gasteiger partial charge in [-0.25, -0.2) is 0 Å². The van der Waals surface area contributed by atoms with Crippen LogP contribution in [0.15, 0.2) is 4.99 Å². The number of halogens is 3. The summed E-state index contributed by atoms with van der Waals surface area (Å²) in [6.07, 6.45) is -4.11. The van der Waals surface area contributed by atoms with Gasteiger partial charge < -0.3 is 10.6 Å². The van der Waals surface area contributed by atoms with Crippen molar-refractivity contribution in [1.29, 1.82) is 0 Å². The van der Waals surface area contributed by atoms with Gasteiger partial charge in [-0.15, -0.1) is 0 Å². The molecule has 6 heteroatoms. The Balaban J connectivity index is 2.94. The Morgan fingerprint density at radius 1 is 1.41 bits per heavy atom. The highest BCUT2D eigenvalue weighted by Crippen LogP contribution is 2.44. The van der Waals surface area contributed by atoms with Crippen molar-refractivity contribution in [2.45, 2.75) is 51.9 Å². The van der Waals surface area contributed by atoms with Crippen LogP contribution >= 0.6 is 0 Å². The Labute approximate surface area is 99.9 Å². The summed E-state index contributed by atoms with van der Waals surface area (Å²) >= 11 is 0. The van der Waals surface area contributed by atoms with Crippen molar-refractivity contribution in [3.63, 3.8) is 0 Å². The van der Waals surface area contributed by atoms with Gasteiger partial charge in [-0.3, -0.25) is 4.99 Å². The Bertz CT molecular complexity index is 308. The molecule has 1 unspecified atom stereocenters. The van der Waals surface area contributed by atoms with Crippen LogP contribution in [0.25, 0.3) is 0 Å². The molecule has 0 aromatic carbocycles. The van der Waals surface area contributed by atoms with Crippen LogP contribution < -0.4 is 5.73 Å². The molecule has 1 fully saturated rings. The number of guanidine groups is 1. The molecule has 1 atom stereocenters. The van der Waals surface area contributed by atoms with Gasteiger partial charge in [0.2, 0.25) is 0 Å². The van der Waals surface area contributed by atoms with Crippen molar-refractivity contribution in [1.82, 2.24) is 4.90 Å². The fraction of sp³-hybridized carbons (Fsp3) is 0.909. The van der Waals surface area contributed by atoms with E-state index in [2.05, 4.69) is 4.99 Å². The lowest BCUT2D eigenvalue weighted by atomic mass is 9.88. The number of rotatable bonds is 1. The van der Waals surface area contributed by atoms with Gasteiger partial charge in [-0.05, 0) is 34.1 Å². The second-order valence-corrected chi connectivity index (χ2v) is 5.27. The van der Waals surface area contributed by atoms with Crippen LogP contribution in [0.2, 0.25) is 0 Å². The zero-order valence-electron chi connectivity index (χ0n) is 10.7. The van der Waals surface area contributed by atoms with E-state index in [1.54, 1.807) is 18.7 Å². The molecule has 0 radical (unpaired) electrons. The maximum Gasteiger partial charge on any atom is 0.394 e. The summed E-state index contributed by atoms with van der Waals surface area (Å²) in [5.74, 6) is -1.15. The predicted molar refractivity (Wildman–Crippen MR) is 61.7 cm³/mol. The van der Waals surface area contributed by atoms with E-state index in [0.29, 0.717) is 6.54 Å². The SMILES string of the molecule is CC(C)N=C(N)N1CCC(C(F)(F)F)C1(C)C. The van der Waals surface area contributed by atoms with E-state index in [1.165, 1.54) is 0 Å². The molecule has 0 spiro atoms. The lowest BCUT2D eigenvalue weighted by Gasteiger charge is -2.37. The monoisotopic (exact) mass is 251 g/mol. The molecule has 3 nitrogen and oxygen atoms in total. The predicted octanol–water partition coefficient (Wildman–Crippen LogP) is 2.37. The fourth-order valence-electron chi connectivity index (χ4n) is 2.40. The molecule has 0 saturated carbocycles. The summed E-state index contributed by atoms with van der Waals surface area (Å²) in [6, 6.07) is -0.0178. The molecular formula is C11H20F3N3. The second kappa shape index (κ2) is 4.38. The van der Waals surface area contributed by atoms with Crippen molar-refractivity contribution in [3.8, 4) is 0 Å². The standard InChI is InChI=1S/C11H20F3N3/c1-7(2)16-9(15)17-6-5-8(10(17,3)4)11(12,13)14/h7-8H,5-6H2,1-4H3,(H2,15,16). The van der Waals surface area contributed by atoms with E-state index in [0.717, 1.165) is 0 Å². The Kier molecular flexibility index (Phi) is 3.64. The summed E-state index contributed by atoms with van der Waals surface area (Å²) in [5, 5.41) is 0. The van der Waals surface area contributed by atoms with Crippen LogP contribution in [0.3, 0.4) is 0 Å². The van der Waals surface area contributed by atoms with Crippen molar-refractivity contribution in [2.24, 2.45) is 16.6 Å². The molecule has 0 bridgehead atoms. The highest BCUT2D eigenvalue weighted by molar-refractivity contribution is 5.79. The van der Waals surface area contributed by atoms with Gasteiger partial charge in [0, 0.05) is 18.1 Å². The lowest BCUT2D eigenvalue weighted by Crippen LogP contribution is -2.52. The van der Waals surface area contributed by atoms with E-state index >= 15 is 0 Å². The maximum absolute atomic E-state index is 12.8. The van der Waals surface area contributed by atoms with Gasteiger partial charge >= 0.3 is 6.18 Å². The molecule has 1 saturated heterocycles. The van der Waals surface area contributed by atoms with Gasteiger partial charge in [0.15, 0.2) is 5.96 Å². The highest BCUT2D eigenvalue weighted by Gasteiger charge is 2.55. The number of likely N-dealkylation sites (tertiary alicyclic amines) is 1. The number of aliphatic imine (C=N–C) groups is 1. The highest BCUT2D eigenvalue weighted by atomic mass is 19.4. The number of nitrogens with two attached hydrogens (primary N) is 1. The summed E-state index contributed by atoms with van der Waals surface area (Å²) < 4.78 is 38.5. The maximum atomic E-state index is 12.8. The van der Waals surface area contributed by atoms with Crippen LogP contribution in [0.4, 0.5) is 13.2 Å². The van der Waals surface area contributed by atoms with Crippen molar-refractivity contribution in [2.75, 3.05) is 6.54 Å². The first-order valence-electron chi connectivity index (χ1n) is 5.74. The third-order valence-electron chi connectivity index (χ3n) is 3.25. The normalized spacial score (nSPS) is 25.8. The number of hydrogen-bond donors (Lipinski definition) is 1. The Morgan fingerprint density at radius 3 is 2.29 bits per heavy atom. The van der Waals surface area contributed by atoms with Gasteiger partial charge in [-0.2, -0.15) is 13.2 Å². The minimum Gasteiger partial charge on any atom is -0.370 e. The van der Waals surface area contributed by atoms with E-state index < -0.39 is 17.6 Å². The Hall–Kier alpha value is -0.940. The van der Waals surface area contributed by atoms with E-state index in [1.807, 2.05) is 13.8 Å². The van der Waals surface area contributed by atoms with Crippen LogP contribution in [-0.4, -0.2) is 35.2 Å². The lowest BCUT2D eigenvalue weighted by molar-refractivity contribution is -0.188. The molecule has 0 amide bonds. The fourth-order valence-corrected chi connectivity index (χ4v) is 2.40. The summed E-state index contributed by atoms with van der Waals surface area (Å²) in [4.78, 5) is 5.69. The van der Waals surface area contributed by atoms with Crippen LogP contribution in [0.5, 0.6) is 0 Å². The van der Waals surface area contributed by atoms with E-state index in [-0.39, 0.29) is 18.4 Å². The molecule has 1 heterocycles. The minimum absolute atomic E-state index is 0.0178. The average Bonchev–Trinajstić information content (AvgIpc) is 2.37. The Morgan fingerprint density at radius 2 is 1.94 bits per heavy atom. The molecule has 1 aliphatic rings. The second-order valence-electron chi connectivity index (χ2n) is 5.27. The summed E-state index contributed by atoms with van der Waals surface area (Å²) in [5.41, 5.74) is 4.74. The van der Waals surface area contributed by atoms with Gasteiger partial charge in [0.25, 0.3) is 0 Å². The third kappa shape index (κ3) is 2.84. The molecule has 0 aromatic heterocycles. The molecule has 17 heavy (non-hydrogen) atoms. The minimum atomic E-state index is -4.18. The zero-order chi connectivity index (χ0) is 13.4. The van der Waals surface area contributed by atoms with Gasteiger partial charge in [0.05, 0.1) is 5.92 Å². The molecule has 0 aliphatic carbocycles. The van der Waals surface area contributed by atoms with Crippen LogP contribution in [0, 0.1) is 5.92 Å². The molecule has 0 aromatic rings. The molecule has 1 rings (SSSR count). The number of alkyl halides is 3. The first-order valence-corrected chi connectivity index (χ1v) is 5.74. The third-order valence-corrected chi connectivity index (χ3v) is 3.25. The molecule has 1 aliphatic heterocycles. The summed E-state index contributed by atoms with van der Waals surface area (Å²) in [7, 11) is 0.